The Morgan fingerprint density at radius 3 is 1.91 bits per heavy atom. The van der Waals surface area contributed by atoms with Gasteiger partial charge in [0.15, 0.2) is 0 Å². The fourth-order valence-electron chi connectivity index (χ4n) is 0.229. The number of hydrogen-bond acceptors (Lipinski definition) is 3. The van der Waals surface area contributed by atoms with Crippen molar-refractivity contribution < 1.29 is 25.8 Å². The Morgan fingerprint density at radius 2 is 1.82 bits per heavy atom. The maximum Gasteiger partial charge on any atom is 0.523 e. The highest BCUT2D eigenvalue weighted by atomic mass is 127. The largest absolute Gasteiger partial charge is 0.523 e. The molecule has 0 aliphatic heterocycles. The lowest BCUT2D eigenvalue weighted by Crippen LogP contribution is -2.27. The van der Waals surface area contributed by atoms with Crippen LogP contribution in [0, 0.1) is 0 Å². The lowest BCUT2D eigenvalue weighted by molar-refractivity contribution is -0.0543. The smallest absolute Gasteiger partial charge is 0.249 e. The van der Waals surface area contributed by atoms with Crippen LogP contribution in [0.15, 0.2) is 0 Å². The minimum atomic E-state index is -5.40. The Morgan fingerprint density at radius 1 is 1.45 bits per heavy atom. The minimum absolute atomic E-state index is 1.03. The van der Waals surface area contributed by atoms with Gasteiger partial charge in [0.25, 0.3) is 0 Å². The predicted molar refractivity (Wildman–Crippen MR) is 39.5 cm³/mol. The molecule has 1 unspecified atom stereocenters. The summed E-state index contributed by atoms with van der Waals surface area (Å²) in [6.45, 7) is 1.18. The summed E-state index contributed by atoms with van der Waals surface area (Å²) in [5.74, 6) is 0. The highest BCUT2D eigenvalue weighted by Gasteiger charge is 2.47. The first-order chi connectivity index (χ1) is 4.67. The molecule has 0 aromatic heterocycles. The average Bonchev–Trinajstić information content (AvgIpc) is 1.56. The molecule has 0 saturated carbocycles. The van der Waals surface area contributed by atoms with Gasteiger partial charge >= 0.3 is 15.6 Å². The highest BCUT2D eigenvalue weighted by Crippen LogP contribution is 2.26. The Hall–Kier alpha value is 0.430. The van der Waals surface area contributed by atoms with E-state index in [4.69, 9.17) is 0 Å². The van der Waals surface area contributed by atoms with Gasteiger partial charge in [-0.2, -0.15) is 21.6 Å². The van der Waals surface area contributed by atoms with Gasteiger partial charge in [-0.05, 0) is 29.5 Å². The third-order valence-electron chi connectivity index (χ3n) is 0.543. The van der Waals surface area contributed by atoms with Crippen molar-refractivity contribution in [2.75, 3.05) is 0 Å². The molecule has 0 saturated heterocycles. The van der Waals surface area contributed by atoms with Crippen LogP contribution < -0.4 is 0 Å². The fourth-order valence-corrected chi connectivity index (χ4v) is 1.51. The van der Waals surface area contributed by atoms with Crippen molar-refractivity contribution in [1.29, 1.82) is 0 Å². The standard InChI is InChI=1S/C3H4F3IO3S/c1-2(7)10-11(8,9)3(4,5)6/h2H,1H3. The molecule has 0 spiro atoms. The summed E-state index contributed by atoms with van der Waals surface area (Å²) in [4.78, 5) is 0. The Bertz CT molecular complexity index is 218. The van der Waals surface area contributed by atoms with Crippen LogP contribution in [0.1, 0.15) is 6.92 Å². The summed E-state index contributed by atoms with van der Waals surface area (Å²) in [6, 6.07) is 0. The van der Waals surface area contributed by atoms with Crippen LogP contribution in [0.5, 0.6) is 0 Å². The number of hydrogen-bond donors (Lipinski definition) is 0. The molecule has 11 heavy (non-hydrogen) atoms. The van der Waals surface area contributed by atoms with Gasteiger partial charge in [0.1, 0.15) is 4.11 Å². The lowest BCUT2D eigenvalue weighted by atomic mass is 10.9. The second-order valence-corrected chi connectivity index (χ2v) is 4.86. The molecular weight excluding hydrogens is 300 g/mol. The molecule has 0 N–H and O–H groups in total. The second kappa shape index (κ2) is 3.44. The molecular formula is C3H4F3IO3S. The fraction of sp³-hybridized carbons (Fsp3) is 1.00. The molecule has 0 aromatic rings. The van der Waals surface area contributed by atoms with Gasteiger partial charge in [0.2, 0.25) is 0 Å². The van der Waals surface area contributed by atoms with Gasteiger partial charge in [-0.15, -0.1) is 0 Å². The van der Waals surface area contributed by atoms with Crippen LogP contribution in [0.25, 0.3) is 0 Å². The van der Waals surface area contributed by atoms with E-state index in [2.05, 4.69) is 4.18 Å². The first-order valence-electron chi connectivity index (χ1n) is 2.30. The number of halogens is 4. The number of alkyl halides is 4. The zero-order chi connectivity index (χ0) is 9.28. The Labute approximate surface area is 75.2 Å². The molecule has 0 aromatic carbocycles. The number of rotatable bonds is 2. The molecule has 8 heteroatoms. The van der Waals surface area contributed by atoms with E-state index in [0.717, 1.165) is 0 Å². The average molecular weight is 304 g/mol. The van der Waals surface area contributed by atoms with E-state index >= 15 is 0 Å². The summed E-state index contributed by atoms with van der Waals surface area (Å²) < 4.78 is 57.3. The zero-order valence-electron chi connectivity index (χ0n) is 5.22. The van der Waals surface area contributed by atoms with Crippen LogP contribution in [-0.4, -0.2) is 18.0 Å². The molecule has 0 rings (SSSR count). The molecule has 0 aliphatic carbocycles. The molecule has 1 atom stereocenters. The van der Waals surface area contributed by atoms with E-state index < -0.39 is 19.7 Å². The van der Waals surface area contributed by atoms with E-state index in [-0.39, 0.29) is 0 Å². The summed E-state index contributed by atoms with van der Waals surface area (Å²) in [6.07, 6.45) is 0. The van der Waals surface area contributed by atoms with Crippen LogP contribution in [0.2, 0.25) is 0 Å². The lowest BCUT2D eigenvalue weighted by Gasteiger charge is -2.08. The maximum absolute atomic E-state index is 11.5. The van der Waals surface area contributed by atoms with E-state index in [1.165, 1.54) is 29.5 Å². The first-order valence-corrected chi connectivity index (χ1v) is 4.96. The van der Waals surface area contributed by atoms with Crippen LogP contribution in [0.3, 0.4) is 0 Å². The van der Waals surface area contributed by atoms with Gasteiger partial charge in [0.05, 0.1) is 0 Å². The summed E-state index contributed by atoms with van der Waals surface area (Å²) in [5, 5.41) is 0. The molecule has 0 bridgehead atoms. The zero-order valence-corrected chi connectivity index (χ0v) is 8.20. The van der Waals surface area contributed by atoms with E-state index in [9.17, 15) is 21.6 Å². The summed E-state index contributed by atoms with van der Waals surface area (Å²) >= 11 is 1.41. The molecule has 68 valence electrons. The molecule has 0 aliphatic rings. The highest BCUT2D eigenvalue weighted by molar-refractivity contribution is 14.1. The first kappa shape index (κ1) is 11.4. The second-order valence-electron chi connectivity index (χ2n) is 1.54. The van der Waals surface area contributed by atoms with E-state index in [0.29, 0.717) is 0 Å². The topological polar surface area (TPSA) is 43.4 Å². The van der Waals surface area contributed by atoms with Crippen LogP contribution in [0.4, 0.5) is 13.2 Å². The third kappa shape index (κ3) is 3.56. The van der Waals surface area contributed by atoms with Gasteiger partial charge in [-0.1, -0.05) is 0 Å². The monoisotopic (exact) mass is 304 g/mol. The predicted octanol–water partition coefficient (Wildman–Crippen LogP) is 1.63. The third-order valence-corrected chi connectivity index (χ3v) is 2.25. The Balaban J connectivity index is 4.51. The van der Waals surface area contributed by atoms with Gasteiger partial charge in [-0.25, -0.2) is 4.18 Å². The van der Waals surface area contributed by atoms with Crippen LogP contribution in [-0.2, 0) is 14.3 Å². The molecule has 0 amide bonds. The minimum Gasteiger partial charge on any atom is -0.249 e. The van der Waals surface area contributed by atoms with Crippen molar-refractivity contribution >= 4 is 32.7 Å². The molecule has 0 fully saturated rings. The molecule has 0 radical (unpaired) electrons. The van der Waals surface area contributed by atoms with Crippen molar-refractivity contribution in [3.8, 4) is 0 Å². The van der Waals surface area contributed by atoms with Crippen molar-refractivity contribution in [2.24, 2.45) is 0 Å². The quantitative estimate of drug-likeness (QED) is 0.337. The Kier molecular flexibility index (Phi) is 3.57. The van der Waals surface area contributed by atoms with Crippen molar-refractivity contribution in [3.63, 3.8) is 0 Å². The van der Waals surface area contributed by atoms with Crippen molar-refractivity contribution in [2.45, 2.75) is 16.5 Å². The van der Waals surface area contributed by atoms with Gasteiger partial charge in [-0.3, -0.25) is 0 Å². The normalized spacial score (nSPS) is 16.5. The SMILES string of the molecule is CC(I)OS(=O)(=O)C(F)(F)F. The van der Waals surface area contributed by atoms with Gasteiger partial charge < -0.3 is 0 Å². The van der Waals surface area contributed by atoms with Crippen molar-refractivity contribution in [1.82, 2.24) is 0 Å². The van der Waals surface area contributed by atoms with E-state index in [1.807, 2.05) is 0 Å². The maximum atomic E-state index is 11.5. The summed E-state index contributed by atoms with van der Waals surface area (Å²) in [5.41, 5.74) is -5.33. The van der Waals surface area contributed by atoms with Gasteiger partial charge in [0, 0.05) is 0 Å². The molecule has 0 heterocycles. The van der Waals surface area contributed by atoms with Crippen LogP contribution >= 0.6 is 22.6 Å². The van der Waals surface area contributed by atoms with E-state index in [1.54, 1.807) is 0 Å². The van der Waals surface area contributed by atoms with Crippen molar-refractivity contribution in [3.05, 3.63) is 0 Å². The summed E-state index contributed by atoms with van der Waals surface area (Å²) in [7, 11) is -5.40. The molecule has 3 nitrogen and oxygen atoms in total.